The second kappa shape index (κ2) is 6.97. The molecule has 1 aliphatic carbocycles. The van der Waals surface area contributed by atoms with Crippen LogP contribution in [0.5, 0.6) is 0 Å². The molecule has 1 aliphatic rings. The summed E-state index contributed by atoms with van der Waals surface area (Å²) in [7, 11) is 0. The molecule has 100 valence electrons. The zero-order valence-corrected chi connectivity index (χ0v) is 10.9. The van der Waals surface area contributed by atoms with E-state index in [0.29, 0.717) is 18.4 Å². The summed E-state index contributed by atoms with van der Waals surface area (Å²) in [4.78, 5) is 11.4. The Morgan fingerprint density at radius 2 is 2.18 bits per heavy atom. The van der Waals surface area contributed by atoms with Gasteiger partial charge in [-0.1, -0.05) is 12.8 Å². The van der Waals surface area contributed by atoms with Gasteiger partial charge in [0, 0.05) is 6.04 Å². The summed E-state index contributed by atoms with van der Waals surface area (Å²) in [6, 6.07) is 0.300. The maximum atomic E-state index is 11.4. The summed E-state index contributed by atoms with van der Waals surface area (Å²) < 4.78 is 4.96. The predicted octanol–water partition coefficient (Wildman–Crippen LogP) is 1.60. The first kappa shape index (κ1) is 14.5. The lowest BCUT2D eigenvalue weighted by Gasteiger charge is -2.27. The fraction of sp³-hybridized carbons (Fsp3) is 0.923. The molecule has 4 nitrogen and oxygen atoms in total. The lowest BCUT2D eigenvalue weighted by molar-refractivity contribution is -0.157. The number of carbonyl (C=O) groups excluding carboxylic acids is 1. The van der Waals surface area contributed by atoms with E-state index >= 15 is 0 Å². The van der Waals surface area contributed by atoms with E-state index in [-0.39, 0.29) is 6.10 Å². The number of aliphatic hydroxyl groups is 1. The van der Waals surface area contributed by atoms with Gasteiger partial charge in [-0.2, -0.15) is 0 Å². The van der Waals surface area contributed by atoms with Crippen LogP contribution in [0.4, 0.5) is 0 Å². The number of rotatable bonds is 5. The first-order chi connectivity index (χ1) is 7.99. The van der Waals surface area contributed by atoms with Crippen LogP contribution in [0.1, 0.15) is 52.4 Å². The Bertz CT molecular complexity index is 243. The van der Waals surface area contributed by atoms with Crippen molar-refractivity contribution in [3.05, 3.63) is 0 Å². The fourth-order valence-electron chi connectivity index (χ4n) is 2.42. The standard InChI is InChI=1S/C13H25NO3/c1-9(2)17-13(16)12(15)7-6-10-4-3-5-11(14)8-10/h9-12,15H,3-8,14H2,1-2H3. The molecular weight excluding hydrogens is 218 g/mol. The Hall–Kier alpha value is -0.610. The average Bonchev–Trinajstić information content (AvgIpc) is 2.25. The van der Waals surface area contributed by atoms with Gasteiger partial charge in [0.1, 0.15) is 0 Å². The summed E-state index contributed by atoms with van der Waals surface area (Å²) in [5, 5.41) is 9.66. The third-order valence-electron chi connectivity index (χ3n) is 3.30. The summed E-state index contributed by atoms with van der Waals surface area (Å²) in [5.74, 6) is 0.0559. The Morgan fingerprint density at radius 1 is 1.47 bits per heavy atom. The van der Waals surface area contributed by atoms with Crippen molar-refractivity contribution in [3.8, 4) is 0 Å². The molecule has 0 aromatic rings. The van der Waals surface area contributed by atoms with Gasteiger partial charge in [0.15, 0.2) is 6.10 Å². The minimum absolute atomic E-state index is 0.166. The molecule has 0 amide bonds. The molecule has 0 saturated heterocycles. The van der Waals surface area contributed by atoms with Gasteiger partial charge in [0.2, 0.25) is 0 Å². The Kier molecular flexibility index (Phi) is 5.92. The Morgan fingerprint density at radius 3 is 2.76 bits per heavy atom. The lowest BCUT2D eigenvalue weighted by Crippen LogP contribution is -2.30. The molecule has 0 aliphatic heterocycles. The number of ether oxygens (including phenoxy) is 1. The van der Waals surface area contributed by atoms with Crippen LogP contribution in [-0.2, 0) is 9.53 Å². The van der Waals surface area contributed by atoms with E-state index in [0.717, 1.165) is 19.3 Å². The summed E-state index contributed by atoms with van der Waals surface area (Å²) in [6.07, 6.45) is 4.67. The molecule has 3 unspecified atom stereocenters. The van der Waals surface area contributed by atoms with Crippen LogP contribution >= 0.6 is 0 Å². The molecule has 0 heterocycles. The van der Waals surface area contributed by atoms with Gasteiger partial charge in [0.05, 0.1) is 6.10 Å². The maximum Gasteiger partial charge on any atom is 0.335 e. The van der Waals surface area contributed by atoms with E-state index in [1.165, 1.54) is 12.8 Å². The first-order valence-corrected chi connectivity index (χ1v) is 6.63. The number of carbonyl (C=O) groups is 1. The third-order valence-corrected chi connectivity index (χ3v) is 3.30. The number of hydrogen-bond donors (Lipinski definition) is 2. The highest BCUT2D eigenvalue weighted by Gasteiger charge is 2.23. The summed E-state index contributed by atoms with van der Waals surface area (Å²) >= 11 is 0. The van der Waals surface area contributed by atoms with Crippen LogP contribution in [0.3, 0.4) is 0 Å². The molecule has 0 spiro atoms. The van der Waals surface area contributed by atoms with Crippen molar-refractivity contribution in [3.63, 3.8) is 0 Å². The molecule has 0 aromatic heterocycles. The van der Waals surface area contributed by atoms with Crippen molar-refractivity contribution < 1.29 is 14.6 Å². The predicted molar refractivity (Wildman–Crippen MR) is 66.4 cm³/mol. The van der Waals surface area contributed by atoms with E-state index < -0.39 is 12.1 Å². The van der Waals surface area contributed by atoms with Crippen molar-refractivity contribution in [1.29, 1.82) is 0 Å². The minimum Gasteiger partial charge on any atom is -0.461 e. The van der Waals surface area contributed by atoms with E-state index in [9.17, 15) is 9.90 Å². The Balaban J connectivity index is 2.22. The Labute approximate surface area is 104 Å². The highest BCUT2D eigenvalue weighted by atomic mass is 16.6. The minimum atomic E-state index is -0.976. The van der Waals surface area contributed by atoms with Crippen LogP contribution in [0.2, 0.25) is 0 Å². The van der Waals surface area contributed by atoms with Gasteiger partial charge >= 0.3 is 5.97 Å². The average molecular weight is 243 g/mol. The number of aliphatic hydroxyl groups excluding tert-OH is 1. The van der Waals surface area contributed by atoms with Crippen LogP contribution in [0.15, 0.2) is 0 Å². The molecule has 3 N–H and O–H groups in total. The van der Waals surface area contributed by atoms with E-state index in [1.807, 2.05) is 0 Å². The highest BCUT2D eigenvalue weighted by molar-refractivity contribution is 5.74. The molecule has 0 bridgehead atoms. The number of nitrogens with two attached hydrogens (primary N) is 1. The largest absolute Gasteiger partial charge is 0.461 e. The second-order valence-electron chi connectivity index (χ2n) is 5.37. The zero-order valence-electron chi connectivity index (χ0n) is 10.9. The normalized spacial score (nSPS) is 26.9. The molecule has 1 fully saturated rings. The van der Waals surface area contributed by atoms with E-state index in [2.05, 4.69) is 0 Å². The van der Waals surface area contributed by atoms with Gasteiger partial charge in [-0.3, -0.25) is 0 Å². The molecule has 0 radical (unpaired) electrons. The van der Waals surface area contributed by atoms with Gasteiger partial charge in [-0.15, -0.1) is 0 Å². The lowest BCUT2D eigenvalue weighted by atomic mass is 9.83. The first-order valence-electron chi connectivity index (χ1n) is 6.63. The summed E-state index contributed by atoms with van der Waals surface area (Å²) in [5.41, 5.74) is 5.90. The maximum absolute atomic E-state index is 11.4. The molecular formula is C13H25NO3. The fourth-order valence-corrected chi connectivity index (χ4v) is 2.42. The van der Waals surface area contributed by atoms with E-state index in [1.54, 1.807) is 13.8 Å². The van der Waals surface area contributed by atoms with Gasteiger partial charge in [0.25, 0.3) is 0 Å². The van der Waals surface area contributed by atoms with Crippen molar-refractivity contribution in [1.82, 2.24) is 0 Å². The van der Waals surface area contributed by atoms with Crippen molar-refractivity contribution in [2.75, 3.05) is 0 Å². The van der Waals surface area contributed by atoms with Crippen molar-refractivity contribution in [2.45, 2.75) is 70.6 Å². The van der Waals surface area contributed by atoms with Gasteiger partial charge < -0.3 is 15.6 Å². The third kappa shape index (κ3) is 5.50. The second-order valence-corrected chi connectivity index (χ2v) is 5.37. The van der Waals surface area contributed by atoms with Crippen LogP contribution in [0.25, 0.3) is 0 Å². The van der Waals surface area contributed by atoms with Crippen molar-refractivity contribution in [2.24, 2.45) is 11.7 Å². The van der Waals surface area contributed by atoms with E-state index in [4.69, 9.17) is 10.5 Å². The molecule has 0 aromatic carbocycles. The number of hydrogen-bond acceptors (Lipinski definition) is 4. The topological polar surface area (TPSA) is 72.5 Å². The smallest absolute Gasteiger partial charge is 0.335 e. The number of esters is 1. The van der Waals surface area contributed by atoms with Crippen molar-refractivity contribution >= 4 is 5.97 Å². The molecule has 1 saturated carbocycles. The van der Waals surface area contributed by atoms with Gasteiger partial charge in [-0.25, -0.2) is 4.79 Å². The monoisotopic (exact) mass is 243 g/mol. The molecule has 4 heteroatoms. The molecule has 1 rings (SSSR count). The van der Waals surface area contributed by atoms with Crippen LogP contribution in [0, 0.1) is 5.92 Å². The highest BCUT2D eigenvalue weighted by Crippen LogP contribution is 2.27. The van der Waals surface area contributed by atoms with Gasteiger partial charge in [-0.05, 0) is 45.4 Å². The summed E-state index contributed by atoms with van der Waals surface area (Å²) in [6.45, 7) is 3.57. The molecule has 3 atom stereocenters. The van der Waals surface area contributed by atoms with Crippen LogP contribution < -0.4 is 5.73 Å². The quantitative estimate of drug-likeness (QED) is 0.719. The zero-order chi connectivity index (χ0) is 12.8. The van der Waals surface area contributed by atoms with Crippen LogP contribution in [-0.4, -0.2) is 29.3 Å². The SMILES string of the molecule is CC(C)OC(=O)C(O)CCC1CCCC(N)C1. The molecule has 17 heavy (non-hydrogen) atoms.